The summed E-state index contributed by atoms with van der Waals surface area (Å²) in [6.07, 6.45) is 0.879. The van der Waals surface area contributed by atoms with Crippen molar-refractivity contribution < 1.29 is 5.11 Å². The van der Waals surface area contributed by atoms with E-state index in [0.29, 0.717) is 5.92 Å². The van der Waals surface area contributed by atoms with Crippen LogP contribution in [0.1, 0.15) is 31.9 Å². The lowest BCUT2D eigenvalue weighted by Gasteiger charge is -2.15. The first-order valence-electron chi connectivity index (χ1n) is 4.74. The molecule has 0 aliphatic carbocycles. The van der Waals surface area contributed by atoms with E-state index in [1.807, 2.05) is 6.07 Å². The predicted molar refractivity (Wildman–Crippen MR) is 62.2 cm³/mol. The molecule has 0 fully saturated rings. The van der Waals surface area contributed by atoms with E-state index in [4.69, 9.17) is 5.73 Å². The molecule has 0 heterocycles. The summed E-state index contributed by atoms with van der Waals surface area (Å²) in [6.45, 7) is 4.24. The zero-order valence-corrected chi connectivity index (χ0v) is 10.1. The van der Waals surface area contributed by atoms with Crippen LogP contribution < -0.4 is 5.73 Å². The molecule has 0 bridgehead atoms. The first-order chi connectivity index (χ1) is 6.50. The Morgan fingerprint density at radius 1 is 1.43 bits per heavy atom. The minimum atomic E-state index is -0.0903. The Morgan fingerprint density at radius 3 is 2.64 bits per heavy atom. The van der Waals surface area contributed by atoms with Gasteiger partial charge in [0.2, 0.25) is 0 Å². The van der Waals surface area contributed by atoms with Gasteiger partial charge in [-0.3, -0.25) is 0 Å². The van der Waals surface area contributed by atoms with E-state index in [2.05, 4.69) is 29.8 Å². The largest absolute Gasteiger partial charge is 0.508 e. The molecule has 0 saturated heterocycles. The average Bonchev–Trinajstić information content (AvgIpc) is 2.08. The van der Waals surface area contributed by atoms with Crippen LogP contribution in [0.2, 0.25) is 0 Å². The van der Waals surface area contributed by atoms with Crippen LogP contribution in [-0.2, 0) is 0 Å². The Labute approximate surface area is 93.3 Å². The van der Waals surface area contributed by atoms with Crippen LogP contribution in [0, 0.1) is 5.92 Å². The van der Waals surface area contributed by atoms with Gasteiger partial charge in [-0.05, 0) is 30.5 Å². The van der Waals surface area contributed by atoms with E-state index < -0.39 is 0 Å². The molecule has 0 spiro atoms. The quantitative estimate of drug-likeness (QED) is 0.874. The van der Waals surface area contributed by atoms with Crippen LogP contribution in [0.3, 0.4) is 0 Å². The lowest BCUT2D eigenvalue weighted by atomic mass is 9.97. The lowest BCUT2D eigenvalue weighted by molar-refractivity contribution is 0.445. The van der Waals surface area contributed by atoms with Gasteiger partial charge in [0.25, 0.3) is 0 Å². The molecule has 1 rings (SSSR count). The number of aromatic hydroxyl groups is 1. The number of hydrogen-bond acceptors (Lipinski definition) is 2. The molecule has 0 aliphatic rings. The van der Waals surface area contributed by atoms with Crippen LogP contribution in [0.5, 0.6) is 5.75 Å². The SMILES string of the molecule is CC(C)CC(N)c1cc(Br)ccc1O. The fraction of sp³-hybridized carbons (Fsp3) is 0.455. The highest BCUT2D eigenvalue weighted by Gasteiger charge is 2.12. The maximum atomic E-state index is 9.62. The molecule has 0 radical (unpaired) electrons. The number of rotatable bonds is 3. The minimum absolute atomic E-state index is 0.0903. The van der Waals surface area contributed by atoms with E-state index in [0.717, 1.165) is 16.5 Å². The predicted octanol–water partition coefficient (Wildman–Crippen LogP) is 3.20. The molecular weight excluding hydrogens is 242 g/mol. The standard InChI is InChI=1S/C11H16BrNO/c1-7(2)5-10(13)9-6-8(12)3-4-11(9)14/h3-4,6-7,10,14H,5,13H2,1-2H3. The lowest BCUT2D eigenvalue weighted by Crippen LogP contribution is -2.13. The molecule has 1 aromatic rings. The first kappa shape index (κ1) is 11.5. The second-order valence-electron chi connectivity index (χ2n) is 3.94. The van der Waals surface area contributed by atoms with Crippen molar-refractivity contribution in [3.63, 3.8) is 0 Å². The van der Waals surface area contributed by atoms with Gasteiger partial charge in [-0.15, -0.1) is 0 Å². The van der Waals surface area contributed by atoms with Gasteiger partial charge in [0, 0.05) is 16.1 Å². The summed E-state index contributed by atoms with van der Waals surface area (Å²) in [5, 5.41) is 9.62. The number of nitrogens with two attached hydrogens (primary N) is 1. The highest BCUT2D eigenvalue weighted by molar-refractivity contribution is 9.10. The highest BCUT2D eigenvalue weighted by Crippen LogP contribution is 2.29. The molecule has 3 N–H and O–H groups in total. The molecule has 1 unspecified atom stereocenters. The Hall–Kier alpha value is -0.540. The summed E-state index contributed by atoms with van der Waals surface area (Å²) in [5.41, 5.74) is 6.80. The summed E-state index contributed by atoms with van der Waals surface area (Å²) < 4.78 is 0.949. The minimum Gasteiger partial charge on any atom is -0.508 e. The highest BCUT2D eigenvalue weighted by atomic mass is 79.9. The molecule has 0 amide bonds. The molecule has 2 nitrogen and oxygen atoms in total. The Bertz CT molecular complexity index is 312. The first-order valence-corrected chi connectivity index (χ1v) is 5.54. The molecule has 3 heteroatoms. The maximum Gasteiger partial charge on any atom is 0.120 e. The zero-order valence-electron chi connectivity index (χ0n) is 8.50. The summed E-state index contributed by atoms with van der Waals surface area (Å²) in [7, 11) is 0. The topological polar surface area (TPSA) is 46.2 Å². The maximum absolute atomic E-state index is 9.62. The van der Waals surface area contributed by atoms with Gasteiger partial charge in [0.1, 0.15) is 5.75 Å². The van der Waals surface area contributed by atoms with Crippen molar-refractivity contribution in [2.24, 2.45) is 11.7 Å². The van der Waals surface area contributed by atoms with E-state index in [-0.39, 0.29) is 11.8 Å². The fourth-order valence-electron chi connectivity index (χ4n) is 1.46. The molecular formula is C11H16BrNO. The van der Waals surface area contributed by atoms with Crippen molar-refractivity contribution >= 4 is 15.9 Å². The Kier molecular flexibility index (Phi) is 3.96. The second kappa shape index (κ2) is 4.80. The number of hydrogen-bond donors (Lipinski definition) is 2. The smallest absolute Gasteiger partial charge is 0.120 e. The third kappa shape index (κ3) is 3.00. The van der Waals surface area contributed by atoms with E-state index in [1.54, 1.807) is 12.1 Å². The van der Waals surface area contributed by atoms with E-state index >= 15 is 0 Å². The Balaban J connectivity index is 2.88. The van der Waals surface area contributed by atoms with Gasteiger partial charge in [0.15, 0.2) is 0 Å². The van der Waals surface area contributed by atoms with Crippen LogP contribution in [0.25, 0.3) is 0 Å². The van der Waals surface area contributed by atoms with E-state index in [9.17, 15) is 5.11 Å². The zero-order chi connectivity index (χ0) is 10.7. The van der Waals surface area contributed by atoms with Crippen molar-refractivity contribution in [2.45, 2.75) is 26.3 Å². The van der Waals surface area contributed by atoms with Gasteiger partial charge in [-0.1, -0.05) is 29.8 Å². The summed E-state index contributed by atoms with van der Waals surface area (Å²) in [4.78, 5) is 0. The summed E-state index contributed by atoms with van der Waals surface area (Å²) >= 11 is 3.36. The van der Waals surface area contributed by atoms with Gasteiger partial charge in [0.05, 0.1) is 0 Å². The van der Waals surface area contributed by atoms with Gasteiger partial charge in [-0.2, -0.15) is 0 Å². The average molecular weight is 258 g/mol. The van der Waals surface area contributed by atoms with Crippen LogP contribution in [0.15, 0.2) is 22.7 Å². The van der Waals surface area contributed by atoms with Crippen molar-refractivity contribution in [3.05, 3.63) is 28.2 Å². The molecule has 1 aromatic carbocycles. The molecule has 0 aromatic heterocycles. The summed E-state index contributed by atoms with van der Waals surface area (Å²) in [6, 6.07) is 5.26. The third-order valence-corrected chi connectivity index (χ3v) is 2.61. The van der Waals surface area contributed by atoms with Gasteiger partial charge >= 0.3 is 0 Å². The number of halogens is 1. The number of phenolic OH excluding ortho intramolecular Hbond substituents is 1. The van der Waals surface area contributed by atoms with Crippen LogP contribution >= 0.6 is 15.9 Å². The normalized spacial score (nSPS) is 13.2. The molecule has 78 valence electrons. The molecule has 0 aliphatic heterocycles. The number of benzene rings is 1. The molecule has 0 saturated carbocycles. The Morgan fingerprint density at radius 2 is 2.07 bits per heavy atom. The summed E-state index contributed by atoms with van der Waals surface area (Å²) in [5.74, 6) is 0.810. The second-order valence-corrected chi connectivity index (χ2v) is 4.85. The van der Waals surface area contributed by atoms with Crippen LogP contribution in [-0.4, -0.2) is 5.11 Å². The molecule has 1 atom stereocenters. The van der Waals surface area contributed by atoms with Gasteiger partial charge in [-0.25, -0.2) is 0 Å². The van der Waals surface area contributed by atoms with Crippen molar-refractivity contribution in [3.8, 4) is 5.75 Å². The number of phenols is 1. The molecule has 14 heavy (non-hydrogen) atoms. The fourth-order valence-corrected chi connectivity index (χ4v) is 1.84. The van der Waals surface area contributed by atoms with Gasteiger partial charge < -0.3 is 10.8 Å². The van der Waals surface area contributed by atoms with E-state index in [1.165, 1.54) is 0 Å². The van der Waals surface area contributed by atoms with Crippen LogP contribution in [0.4, 0.5) is 0 Å². The monoisotopic (exact) mass is 257 g/mol. The van der Waals surface area contributed by atoms with Crippen molar-refractivity contribution in [1.82, 2.24) is 0 Å². The third-order valence-electron chi connectivity index (χ3n) is 2.11. The van der Waals surface area contributed by atoms with Crippen molar-refractivity contribution in [2.75, 3.05) is 0 Å². The van der Waals surface area contributed by atoms with Crippen molar-refractivity contribution in [1.29, 1.82) is 0 Å².